The van der Waals surface area contributed by atoms with Crippen LogP contribution < -0.4 is 0 Å². The molecule has 1 heterocycles. The Morgan fingerprint density at radius 1 is 1.30 bits per heavy atom. The van der Waals surface area contributed by atoms with Gasteiger partial charge in [0, 0.05) is 22.5 Å². The first kappa shape index (κ1) is 14.9. The number of carbonyl (C=O) groups is 1. The molecule has 2 nitrogen and oxygen atoms in total. The van der Waals surface area contributed by atoms with Crippen LogP contribution in [0.1, 0.15) is 21.6 Å². The number of aryl methyl sites for hydroxylation is 1. The standard InChI is InChI=1S/C16H16O2S2/c1-12-4-2-3-5-14(12)10-19-11-15-13(8-9-20-15)6-7-16(17)18/h2-9H,10-11H2,1H3,(H,17,18). The molecule has 1 aromatic carbocycles. The van der Waals surface area contributed by atoms with Gasteiger partial charge in [-0.1, -0.05) is 24.3 Å². The fourth-order valence-electron chi connectivity index (χ4n) is 1.80. The zero-order valence-corrected chi connectivity index (χ0v) is 12.8. The summed E-state index contributed by atoms with van der Waals surface area (Å²) in [6, 6.07) is 10.4. The van der Waals surface area contributed by atoms with Gasteiger partial charge in [-0.05, 0) is 41.1 Å². The molecule has 0 unspecified atom stereocenters. The minimum Gasteiger partial charge on any atom is -0.478 e. The average Bonchev–Trinajstić information content (AvgIpc) is 2.86. The van der Waals surface area contributed by atoms with Crippen LogP contribution in [0.15, 0.2) is 41.8 Å². The molecule has 1 N–H and O–H groups in total. The van der Waals surface area contributed by atoms with Crippen LogP contribution in [-0.2, 0) is 16.3 Å². The maximum Gasteiger partial charge on any atom is 0.328 e. The van der Waals surface area contributed by atoms with E-state index in [1.807, 2.05) is 23.2 Å². The lowest BCUT2D eigenvalue weighted by Crippen LogP contribution is -1.88. The zero-order chi connectivity index (χ0) is 14.4. The number of carboxylic acids is 1. The van der Waals surface area contributed by atoms with Gasteiger partial charge in [0.25, 0.3) is 0 Å². The van der Waals surface area contributed by atoms with Crippen LogP contribution in [-0.4, -0.2) is 11.1 Å². The Hall–Kier alpha value is -1.52. The smallest absolute Gasteiger partial charge is 0.328 e. The third-order valence-electron chi connectivity index (χ3n) is 2.94. The molecule has 20 heavy (non-hydrogen) atoms. The van der Waals surface area contributed by atoms with Crippen molar-refractivity contribution in [3.63, 3.8) is 0 Å². The van der Waals surface area contributed by atoms with Crippen molar-refractivity contribution in [3.8, 4) is 0 Å². The first-order valence-corrected chi connectivity index (χ1v) is 8.30. The van der Waals surface area contributed by atoms with Crippen LogP contribution in [0, 0.1) is 6.92 Å². The van der Waals surface area contributed by atoms with Gasteiger partial charge in [0.15, 0.2) is 0 Å². The molecule has 0 aliphatic rings. The van der Waals surface area contributed by atoms with Gasteiger partial charge in [-0.2, -0.15) is 11.8 Å². The number of thiophene rings is 1. The number of thioether (sulfide) groups is 1. The molecule has 0 atom stereocenters. The Bertz CT molecular complexity index is 614. The van der Waals surface area contributed by atoms with E-state index in [0.717, 1.165) is 17.1 Å². The van der Waals surface area contributed by atoms with Crippen LogP contribution in [0.4, 0.5) is 0 Å². The van der Waals surface area contributed by atoms with E-state index < -0.39 is 5.97 Å². The van der Waals surface area contributed by atoms with Crippen LogP contribution in [0.5, 0.6) is 0 Å². The minimum absolute atomic E-state index is 0.908. The number of rotatable bonds is 6. The number of hydrogen-bond acceptors (Lipinski definition) is 3. The van der Waals surface area contributed by atoms with Gasteiger partial charge in [0.2, 0.25) is 0 Å². The monoisotopic (exact) mass is 304 g/mol. The Morgan fingerprint density at radius 2 is 2.10 bits per heavy atom. The second-order valence-corrected chi connectivity index (χ2v) is 6.38. The molecule has 0 aliphatic carbocycles. The number of carboxylic acid groups (broad SMARTS) is 1. The third kappa shape index (κ3) is 4.25. The highest BCUT2D eigenvalue weighted by atomic mass is 32.2. The summed E-state index contributed by atoms with van der Waals surface area (Å²) in [6.45, 7) is 2.13. The van der Waals surface area contributed by atoms with E-state index in [0.29, 0.717) is 0 Å². The first-order valence-electron chi connectivity index (χ1n) is 6.26. The van der Waals surface area contributed by atoms with Gasteiger partial charge in [-0.25, -0.2) is 4.79 Å². The second kappa shape index (κ2) is 7.31. The van der Waals surface area contributed by atoms with Crippen molar-refractivity contribution in [1.29, 1.82) is 0 Å². The molecule has 0 amide bonds. The highest BCUT2D eigenvalue weighted by Crippen LogP contribution is 2.26. The van der Waals surface area contributed by atoms with Crippen LogP contribution in [0.3, 0.4) is 0 Å². The molecule has 2 rings (SSSR count). The topological polar surface area (TPSA) is 37.3 Å². The van der Waals surface area contributed by atoms with Crippen molar-refractivity contribution in [1.82, 2.24) is 0 Å². The summed E-state index contributed by atoms with van der Waals surface area (Å²) in [4.78, 5) is 11.8. The van der Waals surface area contributed by atoms with E-state index in [2.05, 4.69) is 31.2 Å². The Morgan fingerprint density at radius 3 is 2.85 bits per heavy atom. The fraction of sp³-hybridized carbons (Fsp3) is 0.188. The number of aliphatic carboxylic acids is 1. The molecular weight excluding hydrogens is 288 g/mol. The summed E-state index contributed by atoms with van der Waals surface area (Å²) in [6.07, 6.45) is 2.86. The van der Waals surface area contributed by atoms with E-state index in [1.165, 1.54) is 22.1 Å². The Kier molecular flexibility index (Phi) is 5.44. The van der Waals surface area contributed by atoms with Crippen LogP contribution in [0.25, 0.3) is 6.08 Å². The van der Waals surface area contributed by atoms with Crippen molar-refractivity contribution >= 4 is 35.1 Å². The summed E-state index contributed by atoms with van der Waals surface area (Å²) in [5, 5.41) is 10.7. The number of hydrogen-bond donors (Lipinski definition) is 1. The minimum atomic E-state index is -0.908. The lowest BCUT2D eigenvalue weighted by Gasteiger charge is -2.05. The van der Waals surface area contributed by atoms with Gasteiger partial charge in [0.05, 0.1) is 0 Å². The molecule has 0 radical (unpaired) electrons. The van der Waals surface area contributed by atoms with Crippen molar-refractivity contribution < 1.29 is 9.90 Å². The second-order valence-electron chi connectivity index (χ2n) is 4.39. The lowest BCUT2D eigenvalue weighted by atomic mass is 10.1. The summed E-state index contributed by atoms with van der Waals surface area (Å²) in [7, 11) is 0. The highest BCUT2D eigenvalue weighted by molar-refractivity contribution is 7.97. The van der Waals surface area contributed by atoms with Gasteiger partial charge >= 0.3 is 5.97 Å². The Balaban J connectivity index is 1.93. The number of benzene rings is 1. The summed E-state index contributed by atoms with van der Waals surface area (Å²) >= 11 is 3.53. The Labute approximate surface area is 127 Å². The van der Waals surface area contributed by atoms with Gasteiger partial charge in [0.1, 0.15) is 0 Å². The van der Waals surface area contributed by atoms with Crippen molar-refractivity contribution in [2.75, 3.05) is 0 Å². The predicted octanol–water partition coefficient (Wildman–Crippen LogP) is 4.59. The highest BCUT2D eigenvalue weighted by Gasteiger charge is 2.03. The molecule has 0 bridgehead atoms. The normalized spacial score (nSPS) is 11.1. The SMILES string of the molecule is Cc1ccccc1CSCc1sccc1C=CC(=O)O. The van der Waals surface area contributed by atoms with Crippen molar-refractivity contribution in [2.24, 2.45) is 0 Å². The van der Waals surface area contributed by atoms with E-state index in [9.17, 15) is 4.79 Å². The summed E-state index contributed by atoms with van der Waals surface area (Å²) in [5.41, 5.74) is 3.68. The van der Waals surface area contributed by atoms with E-state index >= 15 is 0 Å². The van der Waals surface area contributed by atoms with E-state index in [4.69, 9.17) is 5.11 Å². The van der Waals surface area contributed by atoms with Gasteiger partial charge in [-0.15, -0.1) is 11.3 Å². The van der Waals surface area contributed by atoms with Crippen molar-refractivity contribution in [2.45, 2.75) is 18.4 Å². The molecule has 0 aliphatic heterocycles. The molecule has 0 fully saturated rings. The van der Waals surface area contributed by atoms with E-state index in [-0.39, 0.29) is 0 Å². The average molecular weight is 304 g/mol. The zero-order valence-electron chi connectivity index (χ0n) is 11.2. The van der Waals surface area contributed by atoms with Crippen LogP contribution >= 0.6 is 23.1 Å². The quantitative estimate of drug-likeness (QED) is 0.793. The largest absolute Gasteiger partial charge is 0.478 e. The maximum atomic E-state index is 10.6. The lowest BCUT2D eigenvalue weighted by molar-refractivity contribution is -0.131. The summed E-state index contributed by atoms with van der Waals surface area (Å²) in [5.74, 6) is 0.979. The van der Waals surface area contributed by atoms with Gasteiger partial charge in [-0.3, -0.25) is 0 Å². The molecule has 1 aromatic heterocycles. The molecule has 0 saturated carbocycles. The summed E-state index contributed by atoms with van der Waals surface area (Å²) < 4.78 is 0. The van der Waals surface area contributed by atoms with Gasteiger partial charge < -0.3 is 5.11 Å². The predicted molar refractivity (Wildman–Crippen MR) is 87.2 cm³/mol. The molecule has 0 spiro atoms. The van der Waals surface area contributed by atoms with E-state index in [1.54, 1.807) is 17.4 Å². The molecule has 104 valence electrons. The van der Waals surface area contributed by atoms with Crippen molar-refractivity contribution in [3.05, 3.63) is 63.4 Å². The fourth-order valence-corrected chi connectivity index (χ4v) is 3.97. The molecule has 0 saturated heterocycles. The maximum absolute atomic E-state index is 10.6. The molecule has 4 heteroatoms. The third-order valence-corrected chi connectivity index (χ3v) is 5.06. The van der Waals surface area contributed by atoms with Crippen LogP contribution in [0.2, 0.25) is 0 Å². The molecular formula is C16H16O2S2. The molecule has 2 aromatic rings. The first-order chi connectivity index (χ1) is 9.66.